The first kappa shape index (κ1) is 18.7. The third kappa shape index (κ3) is 4.95. The molecule has 132 valence electrons. The standard InChI is InChI=1S/C17H24BrN3O3/c1-12(2)19-16(22)11-20-6-8-21(9-7-20)17(23)14-10-13(24-3)4-5-15(14)18/h4-5,10,12H,6-9,11H2,1-3H3,(H,19,22). The first-order chi connectivity index (χ1) is 11.4. The van der Waals surface area contributed by atoms with Crippen LogP contribution >= 0.6 is 15.9 Å². The summed E-state index contributed by atoms with van der Waals surface area (Å²) in [5.41, 5.74) is 0.598. The molecule has 7 heteroatoms. The topological polar surface area (TPSA) is 61.9 Å². The summed E-state index contributed by atoms with van der Waals surface area (Å²) in [4.78, 5) is 28.4. The number of carbonyl (C=O) groups is 2. The molecular weight excluding hydrogens is 374 g/mol. The van der Waals surface area contributed by atoms with Crippen LogP contribution in [0, 0.1) is 0 Å². The third-order valence-electron chi connectivity index (χ3n) is 3.88. The number of methoxy groups -OCH3 is 1. The molecule has 2 rings (SSSR count). The minimum atomic E-state index is -0.0212. The number of rotatable bonds is 5. The van der Waals surface area contributed by atoms with Crippen LogP contribution in [-0.2, 0) is 4.79 Å². The number of nitrogens with one attached hydrogen (secondary N) is 1. The first-order valence-electron chi connectivity index (χ1n) is 8.05. The van der Waals surface area contributed by atoms with Crippen LogP contribution in [0.3, 0.4) is 0 Å². The maximum absolute atomic E-state index is 12.7. The van der Waals surface area contributed by atoms with Gasteiger partial charge < -0.3 is 15.0 Å². The molecule has 1 saturated heterocycles. The Labute approximate surface area is 151 Å². The smallest absolute Gasteiger partial charge is 0.255 e. The average Bonchev–Trinajstić information content (AvgIpc) is 2.54. The Balaban J connectivity index is 1.92. The zero-order valence-electron chi connectivity index (χ0n) is 14.3. The van der Waals surface area contributed by atoms with Crippen molar-refractivity contribution in [1.29, 1.82) is 0 Å². The Morgan fingerprint density at radius 3 is 2.50 bits per heavy atom. The Kier molecular flexibility index (Phi) is 6.62. The minimum absolute atomic E-state index is 0.0212. The Bertz CT molecular complexity index is 599. The SMILES string of the molecule is COc1ccc(Br)c(C(=O)N2CCN(CC(=O)NC(C)C)CC2)c1. The van der Waals surface area contributed by atoms with Gasteiger partial charge in [-0.2, -0.15) is 0 Å². The van der Waals surface area contributed by atoms with Gasteiger partial charge in [0.05, 0.1) is 19.2 Å². The lowest BCUT2D eigenvalue weighted by Gasteiger charge is -2.34. The highest BCUT2D eigenvalue weighted by molar-refractivity contribution is 9.10. The van der Waals surface area contributed by atoms with Gasteiger partial charge in [-0.25, -0.2) is 0 Å². The zero-order valence-corrected chi connectivity index (χ0v) is 15.9. The molecule has 1 heterocycles. The van der Waals surface area contributed by atoms with Gasteiger partial charge in [0, 0.05) is 36.7 Å². The second-order valence-electron chi connectivity index (χ2n) is 6.14. The van der Waals surface area contributed by atoms with Gasteiger partial charge in [-0.1, -0.05) is 0 Å². The van der Waals surface area contributed by atoms with Crippen LogP contribution in [-0.4, -0.2) is 67.5 Å². The van der Waals surface area contributed by atoms with E-state index in [0.29, 0.717) is 44.0 Å². The highest BCUT2D eigenvalue weighted by Gasteiger charge is 2.24. The molecule has 0 aromatic heterocycles. The fraction of sp³-hybridized carbons (Fsp3) is 0.529. The summed E-state index contributed by atoms with van der Waals surface area (Å²) in [5.74, 6) is 0.665. The number of ether oxygens (including phenoxy) is 1. The monoisotopic (exact) mass is 397 g/mol. The van der Waals surface area contributed by atoms with Crippen molar-refractivity contribution in [3.8, 4) is 5.75 Å². The van der Waals surface area contributed by atoms with Crippen LogP contribution < -0.4 is 10.1 Å². The minimum Gasteiger partial charge on any atom is -0.497 e. The van der Waals surface area contributed by atoms with E-state index in [-0.39, 0.29) is 17.9 Å². The van der Waals surface area contributed by atoms with Crippen molar-refractivity contribution in [1.82, 2.24) is 15.1 Å². The highest BCUT2D eigenvalue weighted by Crippen LogP contribution is 2.24. The molecule has 1 aromatic rings. The number of piperazine rings is 1. The number of carbonyl (C=O) groups excluding carboxylic acids is 2. The quantitative estimate of drug-likeness (QED) is 0.821. The number of halogens is 1. The molecule has 0 radical (unpaired) electrons. The molecule has 24 heavy (non-hydrogen) atoms. The van der Waals surface area contributed by atoms with Crippen molar-refractivity contribution in [2.45, 2.75) is 19.9 Å². The van der Waals surface area contributed by atoms with E-state index in [1.54, 1.807) is 13.2 Å². The van der Waals surface area contributed by atoms with Crippen molar-refractivity contribution in [2.75, 3.05) is 39.8 Å². The maximum Gasteiger partial charge on any atom is 0.255 e. The van der Waals surface area contributed by atoms with Gasteiger partial charge in [-0.15, -0.1) is 0 Å². The first-order valence-corrected chi connectivity index (χ1v) is 8.84. The van der Waals surface area contributed by atoms with E-state index in [1.807, 2.05) is 30.9 Å². The van der Waals surface area contributed by atoms with Crippen molar-refractivity contribution in [3.63, 3.8) is 0 Å². The summed E-state index contributed by atoms with van der Waals surface area (Å²) >= 11 is 3.43. The Morgan fingerprint density at radius 2 is 1.92 bits per heavy atom. The molecule has 1 fully saturated rings. The highest BCUT2D eigenvalue weighted by atomic mass is 79.9. The van der Waals surface area contributed by atoms with E-state index >= 15 is 0 Å². The summed E-state index contributed by atoms with van der Waals surface area (Å²) in [7, 11) is 1.58. The van der Waals surface area contributed by atoms with Gasteiger partial charge in [0.1, 0.15) is 5.75 Å². The van der Waals surface area contributed by atoms with Crippen molar-refractivity contribution in [2.24, 2.45) is 0 Å². The number of nitrogens with zero attached hydrogens (tertiary/aromatic N) is 2. The van der Waals surface area contributed by atoms with Crippen molar-refractivity contribution < 1.29 is 14.3 Å². The van der Waals surface area contributed by atoms with Crippen molar-refractivity contribution in [3.05, 3.63) is 28.2 Å². The van der Waals surface area contributed by atoms with Gasteiger partial charge in [0.25, 0.3) is 5.91 Å². The van der Waals surface area contributed by atoms with Crippen LogP contribution in [0.15, 0.2) is 22.7 Å². The Morgan fingerprint density at radius 1 is 1.25 bits per heavy atom. The lowest BCUT2D eigenvalue weighted by atomic mass is 10.1. The van der Waals surface area contributed by atoms with Crippen LogP contribution in [0.5, 0.6) is 5.75 Å². The Hall–Kier alpha value is -1.60. The molecule has 1 aliphatic rings. The summed E-state index contributed by atoms with van der Waals surface area (Å²) in [5, 5.41) is 2.89. The second-order valence-corrected chi connectivity index (χ2v) is 6.99. The fourth-order valence-electron chi connectivity index (χ4n) is 2.65. The molecule has 1 aromatic carbocycles. The van der Waals surface area contributed by atoms with E-state index in [2.05, 4.69) is 26.1 Å². The van der Waals surface area contributed by atoms with E-state index in [1.165, 1.54) is 0 Å². The molecule has 1 N–H and O–H groups in total. The van der Waals surface area contributed by atoms with Gasteiger partial charge in [0.2, 0.25) is 5.91 Å². The molecule has 1 aliphatic heterocycles. The van der Waals surface area contributed by atoms with E-state index in [0.717, 1.165) is 4.47 Å². The van der Waals surface area contributed by atoms with Gasteiger partial charge >= 0.3 is 0 Å². The van der Waals surface area contributed by atoms with Gasteiger partial charge in [0.15, 0.2) is 0 Å². The summed E-state index contributed by atoms with van der Waals surface area (Å²) in [6.07, 6.45) is 0. The summed E-state index contributed by atoms with van der Waals surface area (Å²) in [6.45, 7) is 6.87. The molecule has 2 amide bonds. The number of benzene rings is 1. The number of hydrogen-bond acceptors (Lipinski definition) is 4. The fourth-order valence-corrected chi connectivity index (χ4v) is 3.06. The van der Waals surface area contributed by atoms with E-state index in [9.17, 15) is 9.59 Å². The molecule has 0 atom stereocenters. The van der Waals surface area contributed by atoms with Gasteiger partial charge in [-0.05, 0) is 48.0 Å². The maximum atomic E-state index is 12.7. The molecule has 0 spiro atoms. The van der Waals surface area contributed by atoms with E-state index < -0.39 is 0 Å². The molecule has 0 bridgehead atoms. The molecular formula is C17H24BrN3O3. The van der Waals surface area contributed by atoms with Crippen molar-refractivity contribution >= 4 is 27.7 Å². The molecule has 0 saturated carbocycles. The van der Waals surface area contributed by atoms with Crippen LogP contribution in [0.4, 0.5) is 0 Å². The second kappa shape index (κ2) is 8.48. The number of amides is 2. The van der Waals surface area contributed by atoms with Crippen LogP contribution in [0.1, 0.15) is 24.2 Å². The van der Waals surface area contributed by atoms with E-state index in [4.69, 9.17) is 4.74 Å². The molecule has 6 nitrogen and oxygen atoms in total. The summed E-state index contributed by atoms with van der Waals surface area (Å²) < 4.78 is 5.95. The lowest BCUT2D eigenvalue weighted by molar-refractivity contribution is -0.123. The van der Waals surface area contributed by atoms with Gasteiger partial charge in [-0.3, -0.25) is 14.5 Å². The average molecular weight is 398 g/mol. The normalized spacial score (nSPS) is 15.5. The predicted octanol–water partition coefficient (Wildman–Crippen LogP) is 1.74. The lowest BCUT2D eigenvalue weighted by Crippen LogP contribution is -2.51. The third-order valence-corrected chi connectivity index (χ3v) is 4.57. The molecule has 0 unspecified atom stereocenters. The largest absolute Gasteiger partial charge is 0.497 e. The zero-order chi connectivity index (χ0) is 17.7. The van der Waals surface area contributed by atoms with Crippen LogP contribution in [0.2, 0.25) is 0 Å². The van der Waals surface area contributed by atoms with Crippen LogP contribution in [0.25, 0.3) is 0 Å². The molecule has 0 aliphatic carbocycles. The number of hydrogen-bond donors (Lipinski definition) is 1. The predicted molar refractivity (Wildman–Crippen MR) is 96.3 cm³/mol. The summed E-state index contributed by atoms with van der Waals surface area (Å²) in [6, 6.07) is 5.52.